The highest BCUT2D eigenvalue weighted by Crippen LogP contribution is 2.33. The first kappa shape index (κ1) is 16.1. The number of fused-ring (bicyclic) bond motifs is 1. The molecule has 0 radical (unpaired) electrons. The van der Waals surface area contributed by atoms with Crippen molar-refractivity contribution in [2.24, 2.45) is 0 Å². The van der Waals surface area contributed by atoms with E-state index in [1.165, 1.54) is 19.6 Å². The normalized spacial score (nSPS) is 12.0. The Balaban J connectivity index is 1.99. The number of aromatic nitrogens is 8. The van der Waals surface area contributed by atoms with Crippen molar-refractivity contribution in [3.8, 4) is 28.8 Å². The summed E-state index contributed by atoms with van der Waals surface area (Å²) in [6.07, 6.45) is 0.0202. The van der Waals surface area contributed by atoms with Crippen LogP contribution in [0, 0.1) is 6.92 Å². The van der Waals surface area contributed by atoms with Gasteiger partial charge in [-0.15, -0.1) is 5.10 Å². The summed E-state index contributed by atoms with van der Waals surface area (Å²) in [6.45, 7) is 1.79. The van der Waals surface area contributed by atoms with Crippen LogP contribution in [0.4, 0.5) is 13.2 Å². The molecule has 0 amide bonds. The number of halogens is 3. The second-order valence-electron chi connectivity index (χ2n) is 5.38. The van der Waals surface area contributed by atoms with Crippen LogP contribution in [-0.4, -0.2) is 46.6 Å². The second-order valence-corrected chi connectivity index (χ2v) is 5.38. The van der Waals surface area contributed by atoms with Crippen molar-refractivity contribution in [1.29, 1.82) is 0 Å². The van der Waals surface area contributed by atoms with Gasteiger partial charge in [0.2, 0.25) is 11.7 Å². The Labute approximate surface area is 143 Å². The molecule has 0 aliphatic rings. The van der Waals surface area contributed by atoms with Gasteiger partial charge in [-0.05, 0) is 6.92 Å². The smallest absolute Gasteiger partial charge is 0.453 e. The first-order chi connectivity index (χ1) is 12.4. The van der Waals surface area contributed by atoms with Gasteiger partial charge in [-0.3, -0.25) is 9.50 Å². The summed E-state index contributed by atoms with van der Waals surface area (Å²) in [7, 11) is 1.47. The molecule has 0 aliphatic carbocycles. The third-order valence-electron chi connectivity index (χ3n) is 3.66. The van der Waals surface area contributed by atoms with E-state index in [4.69, 9.17) is 4.74 Å². The van der Waals surface area contributed by atoms with Gasteiger partial charge in [0.05, 0.1) is 25.3 Å². The molecular formula is C14H11F3N8O. The zero-order chi connectivity index (χ0) is 18.5. The monoisotopic (exact) mass is 364 g/mol. The molecule has 0 spiro atoms. The van der Waals surface area contributed by atoms with E-state index >= 15 is 0 Å². The van der Waals surface area contributed by atoms with E-state index in [1.807, 2.05) is 0 Å². The lowest BCUT2D eigenvalue weighted by molar-refractivity contribution is -0.144. The molecule has 0 atom stereocenters. The number of methoxy groups -OCH3 is 1. The molecule has 134 valence electrons. The van der Waals surface area contributed by atoms with Crippen molar-refractivity contribution in [3.05, 3.63) is 30.1 Å². The Morgan fingerprint density at radius 1 is 1.19 bits per heavy atom. The molecule has 4 heterocycles. The van der Waals surface area contributed by atoms with Crippen molar-refractivity contribution in [1.82, 2.24) is 39.5 Å². The third-order valence-corrected chi connectivity index (χ3v) is 3.66. The van der Waals surface area contributed by atoms with E-state index in [1.54, 1.807) is 17.5 Å². The maximum Gasteiger partial charge on any atom is 0.453 e. The molecule has 0 aromatic carbocycles. The average molecular weight is 364 g/mol. The number of aryl methyl sites for hydroxylation is 1. The van der Waals surface area contributed by atoms with Crippen LogP contribution < -0.4 is 4.74 Å². The molecule has 0 aliphatic heterocycles. The van der Waals surface area contributed by atoms with Crippen LogP contribution >= 0.6 is 0 Å². The molecule has 0 saturated heterocycles. The number of hydrogen-bond acceptors (Lipinski definition) is 6. The van der Waals surface area contributed by atoms with Gasteiger partial charge in [-0.1, -0.05) is 0 Å². The van der Waals surface area contributed by atoms with Gasteiger partial charge in [0.15, 0.2) is 5.82 Å². The number of H-pyrrole nitrogens is 2. The minimum absolute atomic E-state index is 0.135. The topological polar surface area (TPSA) is 110 Å². The highest BCUT2D eigenvalue weighted by molar-refractivity contribution is 5.76. The third kappa shape index (κ3) is 2.46. The summed E-state index contributed by atoms with van der Waals surface area (Å²) in [5.74, 6) is -0.818. The zero-order valence-electron chi connectivity index (χ0n) is 13.5. The fraction of sp³-hybridized carbons (Fsp3) is 0.214. The first-order valence-electron chi connectivity index (χ1n) is 7.31. The fourth-order valence-electron chi connectivity index (χ4n) is 2.56. The zero-order valence-corrected chi connectivity index (χ0v) is 13.5. The van der Waals surface area contributed by atoms with E-state index in [0.29, 0.717) is 17.3 Å². The van der Waals surface area contributed by atoms with Gasteiger partial charge in [-0.2, -0.15) is 18.2 Å². The van der Waals surface area contributed by atoms with Crippen LogP contribution in [0.3, 0.4) is 0 Å². The number of nitrogens with zero attached hydrogens (tertiary/aromatic N) is 6. The van der Waals surface area contributed by atoms with Gasteiger partial charge in [0.25, 0.3) is 5.82 Å². The van der Waals surface area contributed by atoms with Gasteiger partial charge >= 0.3 is 6.18 Å². The van der Waals surface area contributed by atoms with Crippen molar-refractivity contribution in [2.75, 3.05) is 7.11 Å². The predicted octanol–water partition coefficient (Wildman–Crippen LogP) is 2.24. The molecule has 0 saturated carbocycles. The van der Waals surface area contributed by atoms with Crippen molar-refractivity contribution in [2.45, 2.75) is 13.1 Å². The maximum absolute atomic E-state index is 12.8. The molecule has 4 rings (SSSR count). The predicted molar refractivity (Wildman–Crippen MR) is 82.2 cm³/mol. The Kier molecular flexibility index (Phi) is 3.42. The molecule has 4 aromatic heterocycles. The van der Waals surface area contributed by atoms with E-state index < -0.39 is 12.0 Å². The van der Waals surface area contributed by atoms with E-state index in [-0.39, 0.29) is 17.3 Å². The molecule has 26 heavy (non-hydrogen) atoms. The summed E-state index contributed by atoms with van der Waals surface area (Å²) >= 11 is 0. The Bertz CT molecular complexity index is 1080. The van der Waals surface area contributed by atoms with Crippen LogP contribution in [0.25, 0.3) is 28.7 Å². The minimum atomic E-state index is -4.67. The quantitative estimate of drug-likeness (QED) is 0.577. The van der Waals surface area contributed by atoms with Crippen LogP contribution in [-0.2, 0) is 6.18 Å². The van der Waals surface area contributed by atoms with Crippen molar-refractivity contribution < 1.29 is 17.9 Å². The number of hydrogen-bond donors (Lipinski definition) is 2. The number of alkyl halides is 3. The average Bonchev–Trinajstić information content (AvgIpc) is 3.31. The van der Waals surface area contributed by atoms with E-state index in [0.717, 1.165) is 5.56 Å². The highest BCUT2D eigenvalue weighted by Gasteiger charge is 2.37. The van der Waals surface area contributed by atoms with E-state index in [9.17, 15) is 13.2 Å². The lowest BCUT2D eigenvalue weighted by atomic mass is 10.2. The number of aromatic amines is 2. The minimum Gasteiger partial charge on any atom is -0.481 e. The van der Waals surface area contributed by atoms with Crippen LogP contribution in [0.15, 0.2) is 18.7 Å². The number of imidazole rings is 2. The van der Waals surface area contributed by atoms with Crippen molar-refractivity contribution >= 4 is 5.78 Å². The molecule has 9 nitrogen and oxygen atoms in total. The van der Waals surface area contributed by atoms with Crippen LogP contribution in [0.5, 0.6) is 5.88 Å². The molecular weight excluding hydrogens is 353 g/mol. The lowest BCUT2D eigenvalue weighted by Crippen LogP contribution is -2.07. The maximum atomic E-state index is 12.8. The second kappa shape index (κ2) is 5.54. The summed E-state index contributed by atoms with van der Waals surface area (Å²) < 4.78 is 45.3. The summed E-state index contributed by atoms with van der Waals surface area (Å²) in [5, 5.41) is 5.51. The standard InChI is InChI=1S/C14H11F3N8O/c1-6-4-25-9(7-3-18-5-19-7)8(20-13(25)22-11(6)26-2)10-21-12(24-23-10)14(15,16)17/h3-5H,1-2H3,(H,18,19)(H,21,23,24). The van der Waals surface area contributed by atoms with E-state index in [2.05, 4.69) is 35.1 Å². The lowest BCUT2D eigenvalue weighted by Gasteiger charge is -2.05. The Morgan fingerprint density at radius 3 is 2.62 bits per heavy atom. The largest absolute Gasteiger partial charge is 0.481 e. The van der Waals surface area contributed by atoms with Crippen LogP contribution in [0.2, 0.25) is 0 Å². The van der Waals surface area contributed by atoms with Crippen molar-refractivity contribution in [3.63, 3.8) is 0 Å². The number of rotatable bonds is 3. The van der Waals surface area contributed by atoms with Gasteiger partial charge in [0.1, 0.15) is 11.4 Å². The molecule has 0 bridgehead atoms. The van der Waals surface area contributed by atoms with Gasteiger partial charge in [-0.25, -0.2) is 15.0 Å². The number of nitrogens with one attached hydrogen (secondary N) is 2. The number of ether oxygens (including phenoxy) is 1. The molecule has 0 fully saturated rings. The molecule has 4 aromatic rings. The SMILES string of the molecule is COc1nc2nc(-c3nc(C(F)(F)F)n[nH]3)c(-c3cnc[nH]3)n2cc1C. The highest BCUT2D eigenvalue weighted by atomic mass is 19.4. The van der Waals surface area contributed by atoms with Gasteiger partial charge in [0, 0.05) is 11.8 Å². The van der Waals surface area contributed by atoms with Gasteiger partial charge < -0.3 is 9.72 Å². The Hall–Kier alpha value is -3.44. The Morgan fingerprint density at radius 2 is 2.00 bits per heavy atom. The molecule has 12 heteroatoms. The molecule has 0 unspecified atom stereocenters. The summed E-state index contributed by atoms with van der Waals surface area (Å²) in [5.41, 5.74) is 1.85. The first-order valence-corrected chi connectivity index (χ1v) is 7.31. The summed E-state index contributed by atoms with van der Waals surface area (Å²) in [4.78, 5) is 19.0. The summed E-state index contributed by atoms with van der Waals surface area (Å²) in [6, 6.07) is 0. The molecule has 2 N–H and O–H groups in total. The van der Waals surface area contributed by atoms with Crippen LogP contribution in [0.1, 0.15) is 11.4 Å². The fourth-order valence-corrected chi connectivity index (χ4v) is 2.56.